The van der Waals surface area contributed by atoms with Gasteiger partial charge in [0.2, 0.25) is 0 Å². The number of hydrogen-bond donors (Lipinski definition) is 2. The number of carbonyl (C=O) groups is 2. The minimum atomic E-state index is -0.886. The van der Waals surface area contributed by atoms with Crippen molar-refractivity contribution in [1.82, 2.24) is 24.3 Å². The van der Waals surface area contributed by atoms with Gasteiger partial charge in [-0.2, -0.15) is 0 Å². The Labute approximate surface area is 260 Å². The number of carboxylic acid groups (broad SMARTS) is 1. The number of ether oxygens (including phenoxy) is 1. The Morgan fingerprint density at radius 2 is 1.86 bits per heavy atom. The van der Waals surface area contributed by atoms with Gasteiger partial charge in [0.15, 0.2) is 0 Å². The topological polar surface area (TPSA) is 119 Å². The summed E-state index contributed by atoms with van der Waals surface area (Å²) in [6.45, 7) is 17.4. The van der Waals surface area contributed by atoms with Crippen LogP contribution >= 0.6 is 0 Å². The lowest BCUT2D eigenvalue weighted by Gasteiger charge is -2.47. The molecule has 10 heteroatoms. The number of piperidine rings is 1. The lowest BCUT2D eigenvalue weighted by Crippen LogP contribution is -2.55. The molecule has 3 aromatic rings. The molecule has 0 radical (unpaired) electrons. The highest BCUT2D eigenvalue weighted by Crippen LogP contribution is 2.38. The number of likely N-dealkylation sites (tertiary alicyclic amines) is 1. The van der Waals surface area contributed by atoms with Gasteiger partial charge in [0.1, 0.15) is 11.9 Å². The third kappa shape index (κ3) is 7.17. The molecule has 1 aliphatic heterocycles. The van der Waals surface area contributed by atoms with E-state index in [0.29, 0.717) is 25.2 Å². The summed E-state index contributed by atoms with van der Waals surface area (Å²) in [4.78, 5) is 44.3. The van der Waals surface area contributed by atoms with E-state index in [-0.39, 0.29) is 40.9 Å². The number of imidazole rings is 1. The predicted octanol–water partition coefficient (Wildman–Crippen LogP) is 5.58. The summed E-state index contributed by atoms with van der Waals surface area (Å²) in [5, 5.41) is 13.5. The number of rotatable bonds is 9. The molecule has 3 atom stereocenters. The van der Waals surface area contributed by atoms with Gasteiger partial charge in [0.25, 0.3) is 5.56 Å². The lowest BCUT2D eigenvalue weighted by atomic mass is 9.74. The Bertz CT molecular complexity index is 1540. The Hall–Kier alpha value is -3.66. The molecule has 0 saturated carbocycles. The second kappa shape index (κ2) is 13.1. The molecule has 44 heavy (non-hydrogen) atoms. The smallest absolute Gasteiger partial charge is 0.407 e. The summed E-state index contributed by atoms with van der Waals surface area (Å²) >= 11 is 0. The van der Waals surface area contributed by atoms with Crippen LogP contribution in [0.4, 0.5) is 4.79 Å². The van der Waals surface area contributed by atoms with E-state index in [2.05, 4.69) is 36.7 Å². The van der Waals surface area contributed by atoms with Crippen molar-refractivity contribution < 1.29 is 19.4 Å². The maximum absolute atomic E-state index is 12.8. The third-order valence-corrected chi connectivity index (χ3v) is 8.54. The molecule has 3 heterocycles. The van der Waals surface area contributed by atoms with Crippen LogP contribution in [0, 0.1) is 24.2 Å². The highest BCUT2D eigenvalue weighted by molar-refractivity contribution is 5.81. The summed E-state index contributed by atoms with van der Waals surface area (Å²) in [5.41, 5.74) is 3.87. The van der Waals surface area contributed by atoms with Crippen molar-refractivity contribution in [2.75, 3.05) is 6.54 Å². The van der Waals surface area contributed by atoms with Gasteiger partial charge in [-0.3, -0.25) is 9.59 Å². The number of nitrogens with one attached hydrogen (secondary N) is 1. The van der Waals surface area contributed by atoms with Crippen LogP contribution in [0.2, 0.25) is 0 Å². The van der Waals surface area contributed by atoms with Gasteiger partial charge in [-0.25, -0.2) is 9.78 Å². The molecule has 0 spiro atoms. The van der Waals surface area contributed by atoms with Crippen molar-refractivity contribution in [3.8, 4) is 11.4 Å². The van der Waals surface area contributed by atoms with Crippen LogP contribution < -0.4 is 10.9 Å². The first-order valence-electron chi connectivity index (χ1n) is 15.7. The number of pyridine rings is 1. The molecule has 3 unspecified atom stereocenters. The molecular weight excluding hydrogens is 558 g/mol. The standard InChI is InChI=1S/C34H49N5O5/c1-20(2)28(32(41)44-21(3)4)35-17-23-12-13-26-27(16-23)39(30(36-26)25-15-22(5)31(40)37(9)18-25)19-24-11-10-14-38(33(42)43)29(24)34(6,7)8/h12-13,15-16,18,20-21,24,28-29,35H,10-11,14,17,19H2,1-9H3,(H,42,43). The van der Waals surface area contributed by atoms with E-state index in [1.165, 1.54) is 0 Å². The molecule has 1 aliphatic rings. The van der Waals surface area contributed by atoms with Crippen LogP contribution in [0.25, 0.3) is 22.4 Å². The maximum Gasteiger partial charge on any atom is 0.407 e. The maximum atomic E-state index is 12.8. The van der Waals surface area contributed by atoms with Gasteiger partial charge < -0.3 is 29.2 Å². The fraction of sp³-hybridized carbons (Fsp3) is 0.588. The van der Waals surface area contributed by atoms with Gasteiger partial charge in [0.05, 0.1) is 17.1 Å². The zero-order valence-electron chi connectivity index (χ0n) is 27.7. The van der Waals surface area contributed by atoms with Crippen LogP contribution in [0.15, 0.2) is 35.3 Å². The number of hydrogen-bond acceptors (Lipinski definition) is 6. The molecular formula is C34H49N5O5. The largest absolute Gasteiger partial charge is 0.465 e. The molecule has 2 aromatic heterocycles. The van der Waals surface area contributed by atoms with Gasteiger partial charge in [-0.15, -0.1) is 0 Å². The van der Waals surface area contributed by atoms with Crippen molar-refractivity contribution in [3.63, 3.8) is 0 Å². The summed E-state index contributed by atoms with van der Waals surface area (Å²) in [6, 6.07) is 7.36. The molecule has 4 rings (SSSR count). The van der Waals surface area contributed by atoms with E-state index in [1.807, 2.05) is 52.1 Å². The van der Waals surface area contributed by atoms with Crippen LogP contribution in [-0.4, -0.2) is 60.9 Å². The Morgan fingerprint density at radius 3 is 2.45 bits per heavy atom. The number of fused-ring (bicyclic) bond motifs is 1. The number of carbonyl (C=O) groups excluding carboxylic acids is 1. The quantitative estimate of drug-likeness (QED) is 0.305. The number of esters is 1. The van der Waals surface area contributed by atoms with Crippen LogP contribution in [0.5, 0.6) is 0 Å². The number of aryl methyl sites for hydroxylation is 2. The summed E-state index contributed by atoms with van der Waals surface area (Å²) in [5.74, 6) is 0.585. The first-order valence-corrected chi connectivity index (χ1v) is 15.7. The van der Waals surface area contributed by atoms with E-state index in [0.717, 1.165) is 40.8 Å². The molecule has 0 bridgehead atoms. The first kappa shape index (κ1) is 33.2. The van der Waals surface area contributed by atoms with Crippen molar-refractivity contribution in [3.05, 3.63) is 51.9 Å². The molecule has 10 nitrogen and oxygen atoms in total. The summed E-state index contributed by atoms with van der Waals surface area (Å²) in [7, 11) is 1.74. The van der Waals surface area contributed by atoms with Crippen LogP contribution in [0.1, 0.15) is 72.4 Å². The predicted molar refractivity (Wildman–Crippen MR) is 173 cm³/mol. The second-order valence-electron chi connectivity index (χ2n) is 14.0. The summed E-state index contributed by atoms with van der Waals surface area (Å²) < 4.78 is 9.27. The fourth-order valence-electron chi connectivity index (χ4n) is 6.70. The SMILES string of the molecule is Cc1cc(-c2nc3ccc(CNC(C(=O)OC(C)C)C(C)C)cc3n2CC2CCCN(C(=O)O)C2C(C)(C)C)cn(C)c1=O. The van der Waals surface area contributed by atoms with Gasteiger partial charge in [-0.05, 0) is 74.6 Å². The molecule has 1 fully saturated rings. The molecule has 2 N–H and O–H groups in total. The number of aromatic nitrogens is 3. The average Bonchev–Trinajstić information content (AvgIpc) is 3.27. The van der Waals surface area contributed by atoms with E-state index in [4.69, 9.17) is 9.72 Å². The van der Waals surface area contributed by atoms with Crippen molar-refractivity contribution in [2.45, 2.75) is 99.5 Å². The Kier molecular flexibility index (Phi) is 9.93. The van der Waals surface area contributed by atoms with Crippen molar-refractivity contribution >= 4 is 23.1 Å². The second-order valence-corrected chi connectivity index (χ2v) is 14.0. The van der Waals surface area contributed by atoms with Gasteiger partial charge in [0, 0.05) is 50.0 Å². The molecule has 0 aliphatic carbocycles. The molecule has 1 aromatic carbocycles. The van der Waals surface area contributed by atoms with E-state index >= 15 is 0 Å². The molecule has 1 amide bonds. The normalized spacial score (nSPS) is 18.3. The number of benzene rings is 1. The zero-order chi connectivity index (χ0) is 32.5. The minimum absolute atomic E-state index is 0.0490. The Balaban J connectivity index is 1.79. The molecule has 1 saturated heterocycles. The lowest BCUT2D eigenvalue weighted by molar-refractivity contribution is -0.151. The third-order valence-electron chi connectivity index (χ3n) is 8.54. The van der Waals surface area contributed by atoms with E-state index in [9.17, 15) is 19.5 Å². The highest BCUT2D eigenvalue weighted by Gasteiger charge is 2.42. The Morgan fingerprint density at radius 1 is 1.16 bits per heavy atom. The van der Waals surface area contributed by atoms with Gasteiger partial charge in [-0.1, -0.05) is 40.7 Å². The number of amides is 1. The highest BCUT2D eigenvalue weighted by atomic mass is 16.5. The monoisotopic (exact) mass is 607 g/mol. The van der Waals surface area contributed by atoms with Crippen LogP contribution in [0.3, 0.4) is 0 Å². The first-order chi connectivity index (χ1) is 20.6. The van der Waals surface area contributed by atoms with Crippen molar-refractivity contribution in [1.29, 1.82) is 0 Å². The average molecular weight is 608 g/mol. The minimum Gasteiger partial charge on any atom is -0.465 e. The zero-order valence-corrected chi connectivity index (χ0v) is 27.7. The van der Waals surface area contributed by atoms with E-state index < -0.39 is 12.1 Å². The summed E-state index contributed by atoms with van der Waals surface area (Å²) in [6.07, 6.45) is 2.43. The van der Waals surface area contributed by atoms with Crippen molar-refractivity contribution in [2.24, 2.45) is 24.3 Å². The number of nitrogens with zero attached hydrogens (tertiary/aromatic N) is 4. The van der Waals surface area contributed by atoms with Crippen LogP contribution in [-0.2, 0) is 29.7 Å². The fourth-order valence-corrected chi connectivity index (χ4v) is 6.70. The van der Waals surface area contributed by atoms with Gasteiger partial charge >= 0.3 is 12.1 Å². The molecule has 240 valence electrons. The van der Waals surface area contributed by atoms with E-state index in [1.54, 1.807) is 23.4 Å².